The predicted octanol–water partition coefficient (Wildman–Crippen LogP) is 2.67. The van der Waals surface area contributed by atoms with Crippen molar-refractivity contribution >= 4 is 11.7 Å². The monoisotopic (exact) mass is 281 g/mol. The van der Waals surface area contributed by atoms with Crippen molar-refractivity contribution in [2.75, 3.05) is 11.9 Å². The first-order valence-electron chi connectivity index (χ1n) is 6.53. The topological polar surface area (TPSA) is 75.0 Å². The van der Waals surface area contributed by atoms with Gasteiger partial charge in [-0.25, -0.2) is 4.98 Å². The second kappa shape index (κ2) is 7.06. The maximum absolute atomic E-state index is 11.7. The van der Waals surface area contributed by atoms with Gasteiger partial charge in [0.15, 0.2) is 0 Å². The lowest BCUT2D eigenvalue weighted by Gasteiger charge is -2.07. The van der Waals surface area contributed by atoms with Crippen molar-refractivity contribution in [1.82, 2.24) is 4.98 Å². The molecule has 5 heteroatoms. The van der Waals surface area contributed by atoms with Crippen molar-refractivity contribution in [3.05, 3.63) is 53.7 Å². The van der Waals surface area contributed by atoms with Crippen LogP contribution in [0.25, 0.3) is 0 Å². The number of nitrogens with zero attached hydrogens (tertiary/aromatic N) is 2. The van der Waals surface area contributed by atoms with Gasteiger partial charge in [-0.05, 0) is 36.8 Å². The van der Waals surface area contributed by atoms with Crippen molar-refractivity contribution in [3.63, 3.8) is 0 Å². The minimum atomic E-state index is -0.181. The second-order valence-corrected chi connectivity index (χ2v) is 4.51. The maximum Gasteiger partial charge on any atom is 0.228 e. The second-order valence-electron chi connectivity index (χ2n) is 4.51. The SMILES string of the molecule is Cc1cccc(OCCC(=O)Nc2ccc(C#N)cn2)c1. The Morgan fingerprint density at radius 1 is 1.38 bits per heavy atom. The van der Waals surface area contributed by atoms with Crippen LogP contribution in [-0.2, 0) is 4.79 Å². The highest BCUT2D eigenvalue weighted by Crippen LogP contribution is 2.12. The Balaban J connectivity index is 1.78. The molecule has 0 aliphatic carbocycles. The minimum Gasteiger partial charge on any atom is -0.493 e. The molecule has 0 saturated heterocycles. The first-order chi connectivity index (χ1) is 10.2. The number of benzene rings is 1. The summed E-state index contributed by atoms with van der Waals surface area (Å²) >= 11 is 0. The molecule has 1 aromatic heterocycles. The lowest BCUT2D eigenvalue weighted by Crippen LogP contribution is -2.16. The highest BCUT2D eigenvalue weighted by atomic mass is 16.5. The number of hydrogen-bond donors (Lipinski definition) is 1. The smallest absolute Gasteiger partial charge is 0.228 e. The van der Waals surface area contributed by atoms with E-state index in [1.807, 2.05) is 37.3 Å². The molecular formula is C16H15N3O2. The van der Waals surface area contributed by atoms with Crippen molar-refractivity contribution < 1.29 is 9.53 Å². The van der Waals surface area contributed by atoms with Crippen LogP contribution in [0.3, 0.4) is 0 Å². The van der Waals surface area contributed by atoms with Crippen LogP contribution in [0.1, 0.15) is 17.5 Å². The number of nitriles is 1. The molecule has 21 heavy (non-hydrogen) atoms. The van der Waals surface area contributed by atoms with Crippen molar-refractivity contribution in [3.8, 4) is 11.8 Å². The number of ether oxygens (including phenoxy) is 1. The van der Waals surface area contributed by atoms with E-state index in [0.717, 1.165) is 11.3 Å². The number of carbonyl (C=O) groups is 1. The molecular weight excluding hydrogens is 266 g/mol. The summed E-state index contributed by atoms with van der Waals surface area (Å²) in [4.78, 5) is 15.7. The summed E-state index contributed by atoms with van der Waals surface area (Å²) < 4.78 is 5.51. The fourth-order valence-electron chi connectivity index (χ4n) is 1.71. The number of carbonyl (C=O) groups excluding carboxylic acids is 1. The molecule has 0 bridgehead atoms. The van der Waals surface area contributed by atoms with Gasteiger partial charge in [0.25, 0.3) is 0 Å². The van der Waals surface area contributed by atoms with Crippen LogP contribution in [0.4, 0.5) is 5.82 Å². The van der Waals surface area contributed by atoms with E-state index in [0.29, 0.717) is 18.0 Å². The fraction of sp³-hybridized carbons (Fsp3) is 0.188. The van der Waals surface area contributed by atoms with Crippen molar-refractivity contribution in [2.45, 2.75) is 13.3 Å². The molecule has 0 saturated carbocycles. The number of pyridine rings is 1. The van der Waals surface area contributed by atoms with Crippen LogP contribution in [0.2, 0.25) is 0 Å². The van der Waals surface area contributed by atoms with Crippen LogP contribution in [0.15, 0.2) is 42.6 Å². The van der Waals surface area contributed by atoms with Crippen LogP contribution in [0.5, 0.6) is 5.75 Å². The van der Waals surface area contributed by atoms with Crippen LogP contribution >= 0.6 is 0 Å². The third-order valence-electron chi connectivity index (χ3n) is 2.75. The molecule has 1 heterocycles. The Hall–Kier alpha value is -2.87. The molecule has 1 amide bonds. The van der Waals surface area contributed by atoms with E-state index >= 15 is 0 Å². The number of hydrogen-bond acceptors (Lipinski definition) is 4. The van der Waals surface area contributed by atoms with Gasteiger partial charge >= 0.3 is 0 Å². The van der Waals surface area contributed by atoms with Crippen LogP contribution in [-0.4, -0.2) is 17.5 Å². The molecule has 0 spiro atoms. The zero-order valence-corrected chi connectivity index (χ0v) is 11.7. The van der Waals surface area contributed by atoms with Crippen molar-refractivity contribution in [2.24, 2.45) is 0 Å². The Morgan fingerprint density at radius 2 is 2.24 bits per heavy atom. The van der Waals surface area contributed by atoms with E-state index in [4.69, 9.17) is 10.00 Å². The maximum atomic E-state index is 11.7. The summed E-state index contributed by atoms with van der Waals surface area (Å²) in [6.45, 7) is 2.28. The van der Waals surface area contributed by atoms with E-state index in [2.05, 4.69) is 10.3 Å². The summed E-state index contributed by atoms with van der Waals surface area (Å²) in [5.74, 6) is 0.994. The number of amides is 1. The van der Waals surface area contributed by atoms with Gasteiger partial charge < -0.3 is 10.1 Å². The molecule has 0 fully saturated rings. The third-order valence-corrected chi connectivity index (χ3v) is 2.75. The molecule has 0 aliphatic heterocycles. The Kier molecular flexibility index (Phi) is 4.89. The summed E-state index contributed by atoms with van der Waals surface area (Å²) in [5, 5.41) is 11.3. The van der Waals surface area contributed by atoms with E-state index in [1.54, 1.807) is 12.1 Å². The molecule has 106 valence electrons. The molecule has 0 unspecified atom stereocenters. The zero-order chi connectivity index (χ0) is 15.1. The van der Waals surface area contributed by atoms with E-state index in [-0.39, 0.29) is 12.3 Å². The highest BCUT2D eigenvalue weighted by Gasteiger charge is 2.04. The lowest BCUT2D eigenvalue weighted by atomic mass is 10.2. The van der Waals surface area contributed by atoms with Gasteiger partial charge in [0.2, 0.25) is 5.91 Å². The van der Waals surface area contributed by atoms with Gasteiger partial charge in [-0.15, -0.1) is 0 Å². The lowest BCUT2D eigenvalue weighted by molar-refractivity contribution is -0.116. The highest BCUT2D eigenvalue weighted by molar-refractivity contribution is 5.89. The number of nitrogens with one attached hydrogen (secondary N) is 1. The zero-order valence-electron chi connectivity index (χ0n) is 11.7. The van der Waals surface area contributed by atoms with E-state index < -0.39 is 0 Å². The summed E-state index contributed by atoms with van der Waals surface area (Å²) in [6.07, 6.45) is 1.65. The number of aromatic nitrogens is 1. The average molecular weight is 281 g/mol. The van der Waals surface area contributed by atoms with Gasteiger partial charge in [-0.2, -0.15) is 5.26 Å². The number of rotatable bonds is 5. The summed E-state index contributed by atoms with van der Waals surface area (Å²) in [6, 6.07) is 12.8. The van der Waals surface area contributed by atoms with E-state index in [1.165, 1.54) is 6.20 Å². The third kappa shape index (κ3) is 4.62. The Labute approximate surface area is 123 Å². The molecule has 1 N–H and O–H groups in total. The molecule has 0 aliphatic rings. The molecule has 0 atom stereocenters. The molecule has 1 aromatic carbocycles. The van der Waals surface area contributed by atoms with Crippen LogP contribution in [0, 0.1) is 18.3 Å². The predicted molar refractivity (Wildman–Crippen MR) is 78.9 cm³/mol. The minimum absolute atomic E-state index is 0.181. The standard InChI is InChI=1S/C16H15N3O2/c1-12-3-2-4-14(9-12)21-8-7-16(20)19-15-6-5-13(10-17)11-18-15/h2-6,9,11H,7-8H2,1H3,(H,18,19,20). The number of aryl methyl sites for hydroxylation is 1. The summed E-state index contributed by atoms with van der Waals surface area (Å²) in [7, 11) is 0. The van der Waals surface area contributed by atoms with Gasteiger partial charge in [-0.3, -0.25) is 4.79 Å². The first-order valence-corrected chi connectivity index (χ1v) is 6.53. The number of anilines is 1. The quantitative estimate of drug-likeness (QED) is 0.914. The fourth-order valence-corrected chi connectivity index (χ4v) is 1.71. The van der Waals surface area contributed by atoms with Gasteiger partial charge in [0.05, 0.1) is 18.6 Å². The molecule has 2 aromatic rings. The molecule has 5 nitrogen and oxygen atoms in total. The van der Waals surface area contributed by atoms with Gasteiger partial charge in [0, 0.05) is 6.20 Å². The van der Waals surface area contributed by atoms with Crippen LogP contribution < -0.4 is 10.1 Å². The molecule has 2 rings (SSSR count). The van der Waals surface area contributed by atoms with Crippen molar-refractivity contribution in [1.29, 1.82) is 5.26 Å². The Bertz CT molecular complexity index is 660. The van der Waals surface area contributed by atoms with Gasteiger partial charge in [-0.1, -0.05) is 12.1 Å². The molecule has 0 radical (unpaired) electrons. The normalized spacial score (nSPS) is 9.71. The van der Waals surface area contributed by atoms with E-state index in [9.17, 15) is 4.79 Å². The largest absolute Gasteiger partial charge is 0.493 e. The van der Waals surface area contributed by atoms with Gasteiger partial charge in [0.1, 0.15) is 17.6 Å². The Morgan fingerprint density at radius 3 is 2.90 bits per heavy atom. The summed E-state index contributed by atoms with van der Waals surface area (Å²) in [5.41, 5.74) is 1.56. The average Bonchev–Trinajstić information content (AvgIpc) is 2.48. The first kappa shape index (κ1) is 14.5.